The molecule has 0 aromatic heterocycles. The van der Waals surface area contributed by atoms with Gasteiger partial charge in [-0.3, -0.25) is 0 Å². The lowest BCUT2D eigenvalue weighted by Gasteiger charge is -2.23. The van der Waals surface area contributed by atoms with Crippen molar-refractivity contribution < 1.29 is 4.74 Å². The van der Waals surface area contributed by atoms with E-state index >= 15 is 0 Å². The lowest BCUT2D eigenvalue weighted by Crippen LogP contribution is -2.32. The van der Waals surface area contributed by atoms with Crippen LogP contribution >= 0.6 is 0 Å². The summed E-state index contributed by atoms with van der Waals surface area (Å²) in [5.74, 6) is 0. The van der Waals surface area contributed by atoms with Crippen molar-refractivity contribution in [2.24, 2.45) is 0 Å². The summed E-state index contributed by atoms with van der Waals surface area (Å²) in [6.07, 6.45) is 5.62. The van der Waals surface area contributed by atoms with E-state index in [0.29, 0.717) is 0 Å². The van der Waals surface area contributed by atoms with Gasteiger partial charge in [0.2, 0.25) is 0 Å². The summed E-state index contributed by atoms with van der Waals surface area (Å²) in [6.45, 7) is 4.89. The van der Waals surface area contributed by atoms with Crippen molar-refractivity contribution in [3.8, 4) is 0 Å². The zero-order valence-corrected chi connectivity index (χ0v) is 8.38. The van der Waals surface area contributed by atoms with Gasteiger partial charge in [0.1, 0.15) is 0 Å². The summed E-state index contributed by atoms with van der Waals surface area (Å²) >= 11 is 0. The second kappa shape index (κ2) is 5.55. The van der Waals surface area contributed by atoms with Gasteiger partial charge in [-0.25, -0.2) is 0 Å². The van der Waals surface area contributed by atoms with Crippen molar-refractivity contribution in [3.05, 3.63) is 0 Å². The zero-order valence-electron chi connectivity index (χ0n) is 8.38. The van der Waals surface area contributed by atoms with Crippen LogP contribution in [0.25, 0.3) is 0 Å². The number of hydrogen-bond donors (Lipinski definition) is 0. The molecule has 2 heteroatoms. The molecule has 2 nitrogen and oxygen atoms in total. The van der Waals surface area contributed by atoms with Crippen LogP contribution in [0.2, 0.25) is 0 Å². The predicted molar refractivity (Wildman–Crippen MR) is 51.4 cm³/mol. The van der Waals surface area contributed by atoms with Crippen LogP contribution in [0.5, 0.6) is 0 Å². The molecule has 1 aliphatic carbocycles. The Bertz CT molecular complexity index is 110. The van der Waals surface area contributed by atoms with E-state index in [1.165, 1.54) is 25.7 Å². The van der Waals surface area contributed by atoms with E-state index in [4.69, 9.17) is 4.74 Å². The van der Waals surface area contributed by atoms with Crippen LogP contribution in [-0.2, 0) is 4.74 Å². The van der Waals surface area contributed by atoms with Crippen LogP contribution in [0.4, 0.5) is 0 Å². The first-order chi connectivity index (χ1) is 5.84. The molecule has 1 rings (SSSR count). The molecule has 72 valence electrons. The second-order valence-electron chi connectivity index (χ2n) is 3.62. The topological polar surface area (TPSA) is 12.5 Å². The van der Waals surface area contributed by atoms with Crippen LogP contribution in [0, 0.1) is 0 Å². The minimum Gasteiger partial charge on any atom is -0.380 e. The maximum atomic E-state index is 5.32. The minimum absolute atomic E-state index is 0.838. The largest absolute Gasteiger partial charge is 0.380 e. The van der Waals surface area contributed by atoms with Crippen LogP contribution in [0.15, 0.2) is 0 Å². The Hall–Kier alpha value is -0.0800. The molecule has 0 aromatic rings. The molecule has 0 aliphatic heterocycles. The minimum atomic E-state index is 0.838. The molecule has 0 bridgehead atoms. The number of hydrogen-bond acceptors (Lipinski definition) is 2. The number of nitrogens with zero attached hydrogens (tertiary/aromatic N) is 1. The monoisotopic (exact) mass is 171 g/mol. The van der Waals surface area contributed by atoms with E-state index in [0.717, 1.165) is 25.8 Å². The van der Waals surface area contributed by atoms with Gasteiger partial charge < -0.3 is 9.64 Å². The van der Waals surface area contributed by atoms with Gasteiger partial charge in [-0.1, -0.05) is 12.8 Å². The lowest BCUT2D eigenvalue weighted by atomic mass is 10.2. The van der Waals surface area contributed by atoms with Gasteiger partial charge in [0.05, 0.1) is 6.61 Å². The molecular weight excluding hydrogens is 150 g/mol. The summed E-state index contributed by atoms with van der Waals surface area (Å²) in [5.41, 5.74) is 0. The molecule has 12 heavy (non-hydrogen) atoms. The highest BCUT2D eigenvalue weighted by molar-refractivity contribution is 4.74. The number of likely N-dealkylation sites (N-methyl/N-ethyl adjacent to an activating group) is 1. The van der Waals surface area contributed by atoms with E-state index in [1.807, 2.05) is 0 Å². The van der Waals surface area contributed by atoms with Crippen LogP contribution < -0.4 is 0 Å². The maximum absolute atomic E-state index is 5.32. The van der Waals surface area contributed by atoms with Gasteiger partial charge in [-0.2, -0.15) is 0 Å². The molecule has 0 spiro atoms. The first-order valence-corrected chi connectivity index (χ1v) is 5.12. The fourth-order valence-electron chi connectivity index (χ4n) is 1.88. The fraction of sp³-hybridized carbons (Fsp3) is 1.00. The van der Waals surface area contributed by atoms with E-state index in [1.54, 1.807) is 0 Å². The van der Waals surface area contributed by atoms with E-state index in [2.05, 4.69) is 18.9 Å². The molecule has 1 saturated carbocycles. The zero-order chi connectivity index (χ0) is 8.81. The Morgan fingerprint density at radius 1 is 1.33 bits per heavy atom. The van der Waals surface area contributed by atoms with Crippen LogP contribution in [0.3, 0.4) is 0 Å². The Balaban J connectivity index is 2.05. The summed E-state index contributed by atoms with van der Waals surface area (Å²) in [7, 11) is 2.22. The summed E-state index contributed by atoms with van der Waals surface area (Å²) in [5, 5.41) is 0. The molecule has 0 saturated heterocycles. The molecule has 0 atom stereocenters. The van der Waals surface area contributed by atoms with E-state index in [-0.39, 0.29) is 0 Å². The van der Waals surface area contributed by atoms with E-state index < -0.39 is 0 Å². The van der Waals surface area contributed by atoms with Gasteiger partial charge in [0.25, 0.3) is 0 Å². The van der Waals surface area contributed by atoms with Crippen molar-refractivity contribution >= 4 is 0 Å². The predicted octanol–water partition coefficient (Wildman–Crippen LogP) is 1.90. The first kappa shape index (κ1) is 10.0. The molecule has 0 unspecified atom stereocenters. The fourth-order valence-corrected chi connectivity index (χ4v) is 1.88. The quantitative estimate of drug-likeness (QED) is 0.586. The van der Waals surface area contributed by atoms with E-state index in [9.17, 15) is 0 Å². The van der Waals surface area contributed by atoms with Crippen molar-refractivity contribution in [2.45, 2.75) is 38.6 Å². The van der Waals surface area contributed by atoms with Crippen molar-refractivity contribution in [2.75, 3.05) is 26.8 Å². The third kappa shape index (κ3) is 3.11. The Labute approximate surface area is 75.9 Å². The Morgan fingerprint density at radius 3 is 2.58 bits per heavy atom. The van der Waals surface area contributed by atoms with Gasteiger partial charge in [0, 0.05) is 19.2 Å². The molecule has 0 N–H and O–H groups in total. The SMILES string of the molecule is CCOCCN(C)C1CCCC1. The summed E-state index contributed by atoms with van der Waals surface area (Å²) < 4.78 is 5.32. The van der Waals surface area contributed by atoms with Crippen molar-refractivity contribution in [3.63, 3.8) is 0 Å². The third-order valence-corrected chi connectivity index (χ3v) is 2.74. The highest BCUT2D eigenvalue weighted by Crippen LogP contribution is 2.21. The lowest BCUT2D eigenvalue weighted by molar-refractivity contribution is 0.108. The standard InChI is InChI=1S/C10H21NO/c1-3-12-9-8-11(2)10-6-4-5-7-10/h10H,3-9H2,1-2H3. The average Bonchev–Trinajstić information content (AvgIpc) is 2.56. The van der Waals surface area contributed by atoms with Gasteiger partial charge >= 0.3 is 0 Å². The molecule has 0 radical (unpaired) electrons. The average molecular weight is 171 g/mol. The second-order valence-corrected chi connectivity index (χ2v) is 3.62. The summed E-state index contributed by atoms with van der Waals surface area (Å²) in [6, 6.07) is 0.838. The molecular formula is C10H21NO. The molecule has 0 amide bonds. The van der Waals surface area contributed by atoms with Crippen molar-refractivity contribution in [1.29, 1.82) is 0 Å². The number of rotatable bonds is 5. The first-order valence-electron chi connectivity index (χ1n) is 5.12. The Morgan fingerprint density at radius 2 is 2.00 bits per heavy atom. The highest BCUT2D eigenvalue weighted by Gasteiger charge is 2.18. The normalized spacial score (nSPS) is 19.2. The maximum Gasteiger partial charge on any atom is 0.0593 e. The third-order valence-electron chi connectivity index (χ3n) is 2.74. The molecule has 1 aliphatic rings. The van der Waals surface area contributed by atoms with Crippen LogP contribution in [0.1, 0.15) is 32.6 Å². The highest BCUT2D eigenvalue weighted by atomic mass is 16.5. The van der Waals surface area contributed by atoms with Crippen molar-refractivity contribution in [1.82, 2.24) is 4.90 Å². The molecule has 0 heterocycles. The summed E-state index contributed by atoms with van der Waals surface area (Å²) in [4.78, 5) is 2.45. The van der Waals surface area contributed by atoms with Gasteiger partial charge in [-0.05, 0) is 26.8 Å². The number of ether oxygens (including phenoxy) is 1. The molecule has 1 fully saturated rings. The van der Waals surface area contributed by atoms with Crippen LogP contribution in [-0.4, -0.2) is 37.7 Å². The molecule has 0 aromatic carbocycles. The van der Waals surface area contributed by atoms with Gasteiger partial charge in [-0.15, -0.1) is 0 Å². The Kier molecular flexibility index (Phi) is 4.62. The van der Waals surface area contributed by atoms with Gasteiger partial charge in [0.15, 0.2) is 0 Å². The smallest absolute Gasteiger partial charge is 0.0593 e.